The van der Waals surface area contributed by atoms with Gasteiger partial charge in [0.25, 0.3) is 5.56 Å². The molecule has 4 aromatic carbocycles. The number of para-hydroxylation sites is 4. The van der Waals surface area contributed by atoms with Crippen LogP contribution in [0.5, 0.6) is 0 Å². The fourth-order valence-corrected chi connectivity index (χ4v) is 8.65. The molecule has 0 spiro atoms. The molecule has 4 heterocycles. The molecule has 0 radical (unpaired) electrons. The molecule has 0 aliphatic heterocycles. The number of fused-ring (bicyclic) bond motifs is 4. The first kappa shape index (κ1) is 48.6. The zero-order valence-electron chi connectivity index (χ0n) is 40.6. The molecule has 0 fully saturated rings. The van der Waals surface area contributed by atoms with Crippen LogP contribution >= 0.6 is 0 Å². The second-order valence-electron chi connectivity index (χ2n) is 17.5. The molecule has 0 saturated carbocycles. The zero-order valence-corrected chi connectivity index (χ0v) is 40.6. The van der Waals surface area contributed by atoms with Crippen molar-refractivity contribution in [1.82, 2.24) is 38.9 Å². The maximum absolute atomic E-state index is 12.4. The van der Waals surface area contributed by atoms with Crippen molar-refractivity contribution in [2.45, 2.75) is 93.2 Å². The first-order valence-corrected chi connectivity index (χ1v) is 23.7. The minimum atomic E-state index is -0.100. The van der Waals surface area contributed by atoms with E-state index < -0.39 is 0 Å². The van der Waals surface area contributed by atoms with Crippen molar-refractivity contribution in [2.75, 3.05) is 44.6 Å². The highest BCUT2D eigenvalue weighted by Crippen LogP contribution is 2.33. The van der Waals surface area contributed by atoms with Gasteiger partial charge in [0.05, 0.1) is 16.4 Å². The Bertz CT molecular complexity index is 2850. The Labute approximate surface area is 386 Å². The molecule has 0 bridgehead atoms. The Kier molecular flexibility index (Phi) is 17.1. The van der Waals surface area contributed by atoms with E-state index in [0.717, 1.165) is 101 Å². The molecule has 0 amide bonds. The number of hydrogen-bond acceptors (Lipinski definition) is 8. The highest BCUT2D eigenvalue weighted by Gasteiger charge is 2.17. The number of benzene rings is 4. The van der Waals surface area contributed by atoms with Crippen LogP contribution in [0.1, 0.15) is 78.4 Å². The number of H-pyrrole nitrogens is 1. The largest absolute Gasteiger partial charge is 0.367 e. The quantitative estimate of drug-likeness (QED) is 0.0876. The van der Waals surface area contributed by atoms with Crippen molar-refractivity contribution in [3.05, 3.63) is 119 Å². The van der Waals surface area contributed by atoms with Crippen LogP contribution in [-0.4, -0.2) is 90.2 Å². The third kappa shape index (κ3) is 11.9. The van der Waals surface area contributed by atoms with Crippen molar-refractivity contribution < 1.29 is 0 Å². The Hall–Kier alpha value is -5.88. The van der Waals surface area contributed by atoms with Crippen LogP contribution in [0.25, 0.3) is 66.4 Å². The van der Waals surface area contributed by atoms with Crippen molar-refractivity contribution in [3.8, 4) is 22.8 Å². The van der Waals surface area contributed by atoms with E-state index in [1.54, 1.807) is 6.07 Å². The molecule has 65 heavy (non-hydrogen) atoms. The predicted molar refractivity (Wildman–Crippen MR) is 276 cm³/mol. The van der Waals surface area contributed by atoms with Crippen LogP contribution in [0.3, 0.4) is 0 Å². The van der Waals surface area contributed by atoms with Crippen LogP contribution in [0, 0.1) is 13.8 Å². The van der Waals surface area contributed by atoms with E-state index in [9.17, 15) is 4.79 Å². The topological polar surface area (TPSA) is 126 Å². The second-order valence-corrected chi connectivity index (χ2v) is 17.5. The standard InChI is InChI=1S/C27H35N5.C18H15N3O.C9H22N2/c1-6-32(7-2)17-11-13-20(4)28-26-22-15-10-12-19(3)25(22)29-27(30-26)23-18-31(5)24-16-9-8-14-21(23)24;1-11-6-5-8-13-16(11)19-17(20-18(13)22)14-10-21(2)15-9-4-3-7-12(14)15;1-4-11(5-2)8-6-7-9(3)10/h8-10,12,14-16,18,20H,6-7,11,13,17H2,1-5H3,(H,28,29,30);3-10H,1-2H3,(H,19,20,22);9H,4-8,10H2,1-3H3. The summed E-state index contributed by atoms with van der Waals surface area (Å²) in [7, 11) is 4.07. The maximum atomic E-state index is 12.4. The molecule has 2 atom stereocenters. The Morgan fingerprint density at radius 2 is 1.12 bits per heavy atom. The van der Waals surface area contributed by atoms with E-state index in [-0.39, 0.29) is 5.56 Å². The van der Waals surface area contributed by atoms with Crippen molar-refractivity contribution >= 4 is 49.4 Å². The number of nitrogens with one attached hydrogen (secondary N) is 2. The average molecular weight is 877 g/mol. The molecule has 0 aliphatic carbocycles. The van der Waals surface area contributed by atoms with Gasteiger partial charge in [-0.1, -0.05) is 88.4 Å². The predicted octanol–water partition coefficient (Wildman–Crippen LogP) is 10.9. The van der Waals surface area contributed by atoms with E-state index in [2.05, 4.69) is 135 Å². The summed E-state index contributed by atoms with van der Waals surface area (Å²) < 4.78 is 4.20. The summed E-state index contributed by atoms with van der Waals surface area (Å²) in [6, 6.07) is 29.3. The normalized spacial score (nSPS) is 12.4. The maximum Gasteiger partial charge on any atom is 0.259 e. The minimum Gasteiger partial charge on any atom is -0.367 e. The fraction of sp³-hybridized carbons (Fsp3) is 0.407. The lowest BCUT2D eigenvalue weighted by atomic mass is 10.1. The minimum absolute atomic E-state index is 0.100. The smallest absolute Gasteiger partial charge is 0.259 e. The molecule has 8 rings (SSSR count). The lowest BCUT2D eigenvalue weighted by Gasteiger charge is -2.21. The van der Waals surface area contributed by atoms with E-state index in [0.29, 0.717) is 23.3 Å². The molecule has 344 valence electrons. The number of aromatic nitrogens is 6. The lowest BCUT2D eigenvalue weighted by molar-refractivity contribution is 0.294. The summed E-state index contributed by atoms with van der Waals surface area (Å²) in [5.41, 5.74) is 13.8. The van der Waals surface area contributed by atoms with Crippen molar-refractivity contribution in [1.29, 1.82) is 0 Å². The van der Waals surface area contributed by atoms with E-state index in [1.807, 2.05) is 55.1 Å². The van der Waals surface area contributed by atoms with E-state index >= 15 is 0 Å². The summed E-state index contributed by atoms with van der Waals surface area (Å²) in [6.07, 6.45) is 8.82. The summed E-state index contributed by atoms with van der Waals surface area (Å²) in [5.74, 6) is 2.32. The molecule has 11 nitrogen and oxygen atoms in total. The van der Waals surface area contributed by atoms with Gasteiger partial charge >= 0.3 is 0 Å². The summed E-state index contributed by atoms with van der Waals surface area (Å²) in [5, 5.41) is 7.69. The van der Waals surface area contributed by atoms with Crippen LogP contribution in [0.15, 0.2) is 102 Å². The highest BCUT2D eigenvalue weighted by atomic mass is 16.1. The molecular formula is C54H72N10O. The van der Waals surface area contributed by atoms with Gasteiger partial charge in [0.2, 0.25) is 0 Å². The molecule has 0 saturated heterocycles. The number of hydrogen-bond donors (Lipinski definition) is 3. The number of anilines is 1. The van der Waals surface area contributed by atoms with Gasteiger partial charge < -0.3 is 35.0 Å². The second kappa shape index (κ2) is 22.8. The molecule has 4 aromatic heterocycles. The van der Waals surface area contributed by atoms with E-state index in [4.69, 9.17) is 20.7 Å². The Balaban J connectivity index is 0.000000183. The van der Waals surface area contributed by atoms with Crippen LogP contribution in [0.4, 0.5) is 5.82 Å². The summed E-state index contributed by atoms with van der Waals surface area (Å²) in [6.45, 7) is 24.2. The first-order valence-electron chi connectivity index (χ1n) is 23.7. The number of nitrogens with zero attached hydrogens (tertiary/aromatic N) is 7. The molecule has 8 aromatic rings. The van der Waals surface area contributed by atoms with Gasteiger partial charge in [0.1, 0.15) is 11.6 Å². The zero-order chi connectivity index (χ0) is 46.6. The Morgan fingerprint density at radius 3 is 1.69 bits per heavy atom. The van der Waals surface area contributed by atoms with Gasteiger partial charge in [-0.25, -0.2) is 15.0 Å². The molecule has 0 aliphatic rings. The Morgan fingerprint density at radius 1 is 0.631 bits per heavy atom. The first-order chi connectivity index (χ1) is 31.4. The average Bonchev–Trinajstić information content (AvgIpc) is 3.83. The number of nitrogens with two attached hydrogens (primary N) is 1. The van der Waals surface area contributed by atoms with Gasteiger partial charge in [-0.3, -0.25) is 4.79 Å². The third-order valence-corrected chi connectivity index (χ3v) is 12.6. The van der Waals surface area contributed by atoms with Crippen LogP contribution < -0.4 is 16.6 Å². The van der Waals surface area contributed by atoms with Gasteiger partial charge in [-0.2, -0.15) is 0 Å². The number of aryl methyl sites for hydroxylation is 4. The molecule has 4 N–H and O–H groups in total. The van der Waals surface area contributed by atoms with Crippen molar-refractivity contribution in [3.63, 3.8) is 0 Å². The van der Waals surface area contributed by atoms with Gasteiger partial charge in [-0.15, -0.1) is 0 Å². The van der Waals surface area contributed by atoms with Crippen LogP contribution in [0.2, 0.25) is 0 Å². The lowest BCUT2D eigenvalue weighted by Crippen LogP contribution is -2.25. The van der Waals surface area contributed by atoms with Crippen molar-refractivity contribution in [2.24, 2.45) is 19.8 Å². The number of rotatable bonds is 16. The highest BCUT2D eigenvalue weighted by molar-refractivity contribution is 5.98. The molecular weight excluding hydrogens is 805 g/mol. The SMILES string of the molecule is CCN(CC)CCCC(C)N.CCN(CC)CCCC(C)Nc1nc(-c2cn(C)c3ccccc23)nc2c(C)cccc12.Cc1cccc2c(=O)[nH]c(-c3cn(C)c4ccccc34)nc12. The van der Waals surface area contributed by atoms with Gasteiger partial charge in [0.15, 0.2) is 5.82 Å². The molecule has 2 unspecified atom stereocenters. The summed E-state index contributed by atoms with van der Waals surface area (Å²) in [4.78, 5) is 35.0. The fourth-order valence-electron chi connectivity index (χ4n) is 8.65. The van der Waals surface area contributed by atoms with Gasteiger partial charge in [0, 0.05) is 76.9 Å². The molecule has 11 heteroatoms. The third-order valence-electron chi connectivity index (χ3n) is 12.6. The van der Waals surface area contributed by atoms with Gasteiger partial charge in [-0.05, 0) is 128 Å². The number of aromatic amines is 1. The van der Waals surface area contributed by atoms with Crippen LogP contribution in [-0.2, 0) is 14.1 Å². The van der Waals surface area contributed by atoms with E-state index in [1.165, 1.54) is 35.9 Å². The summed E-state index contributed by atoms with van der Waals surface area (Å²) >= 11 is 0. The monoisotopic (exact) mass is 877 g/mol.